The Kier molecular flexibility index (Phi) is 3.97. The van der Waals surface area contributed by atoms with E-state index in [2.05, 4.69) is 27.0 Å². The third-order valence-corrected chi connectivity index (χ3v) is 4.79. The van der Waals surface area contributed by atoms with Crippen molar-refractivity contribution in [3.05, 3.63) is 48.4 Å². The maximum Gasteiger partial charge on any atom is 0.237 e. The van der Waals surface area contributed by atoms with E-state index in [4.69, 9.17) is 9.47 Å². The highest BCUT2D eigenvalue weighted by Crippen LogP contribution is 2.38. The number of hydrogen-bond donors (Lipinski definition) is 0. The fourth-order valence-corrected chi connectivity index (χ4v) is 3.51. The van der Waals surface area contributed by atoms with Crippen LogP contribution in [0.25, 0.3) is 0 Å². The minimum absolute atomic E-state index is 0.426. The predicted octanol–water partition coefficient (Wildman–Crippen LogP) is 2.88. The maximum atomic E-state index is 5.68. The smallest absolute Gasteiger partial charge is 0.237 e. The van der Waals surface area contributed by atoms with Crippen LogP contribution in [0, 0.1) is 5.41 Å². The van der Waals surface area contributed by atoms with E-state index in [1.54, 1.807) is 18.6 Å². The van der Waals surface area contributed by atoms with Gasteiger partial charge in [0.25, 0.3) is 0 Å². The van der Waals surface area contributed by atoms with E-state index in [0.29, 0.717) is 11.3 Å². The van der Waals surface area contributed by atoms with Gasteiger partial charge in [-0.15, -0.1) is 0 Å². The maximum absolute atomic E-state index is 5.68. The third kappa shape index (κ3) is 3.35. The Hall–Kier alpha value is -1.98. The monoisotopic (exact) mass is 311 g/mol. The van der Waals surface area contributed by atoms with Crippen LogP contribution in [0.5, 0.6) is 11.6 Å². The Labute approximate surface area is 136 Å². The van der Waals surface area contributed by atoms with Crippen LogP contribution in [0.2, 0.25) is 0 Å². The summed E-state index contributed by atoms with van der Waals surface area (Å²) < 4.78 is 11.3. The molecule has 1 atom stereocenters. The van der Waals surface area contributed by atoms with Gasteiger partial charge in [0.2, 0.25) is 5.88 Å². The normalized spacial score (nSPS) is 24.3. The number of rotatable bonds is 4. The number of likely N-dealkylation sites (tertiary alicyclic amines) is 1. The van der Waals surface area contributed by atoms with Crippen molar-refractivity contribution in [2.24, 2.45) is 5.41 Å². The van der Waals surface area contributed by atoms with Gasteiger partial charge in [-0.3, -0.25) is 9.88 Å². The van der Waals surface area contributed by atoms with E-state index in [0.717, 1.165) is 32.1 Å². The molecule has 0 unspecified atom stereocenters. The van der Waals surface area contributed by atoms with Crippen LogP contribution in [0.1, 0.15) is 18.4 Å². The summed E-state index contributed by atoms with van der Waals surface area (Å²) in [5.41, 5.74) is 1.74. The van der Waals surface area contributed by atoms with E-state index in [-0.39, 0.29) is 0 Å². The highest BCUT2D eigenvalue weighted by molar-refractivity contribution is 5.30. The van der Waals surface area contributed by atoms with Crippen molar-refractivity contribution >= 4 is 0 Å². The van der Waals surface area contributed by atoms with Crippen molar-refractivity contribution in [3.63, 3.8) is 0 Å². The molecule has 2 aliphatic rings. The molecule has 0 saturated carbocycles. The summed E-state index contributed by atoms with van der Waals surface area (Å²) in [5.74, 6) is 1.30. The van der Waals surface area contributed by atoms with Gasteiger partial charge in [0.1, 0.15) is 5.75 Å². The Morgan fingerprint density at radius 2 is 2.09 bits per heavy atom. The van der Waals surface area contributed by atoms with Crippen LogP contribution in [0.15, 0.2) is 42.9 Å². The topological polar surface area (TPSA) is 47.5 Å². The van der Waals surface area contributed by atoms with Crippen LogP contribution in [-0.4, -0.2) is 41.2 Å². The Bertz CT molecular complexity index is 639. The van der Waals surface area contributed by atoms with Crippen LogP contribution >= 0.6 is 0 Å². The molecule has 3 heterocycles. The van der Waals surface area contributed by atoms with E-state index in [1.165, 1.54) is 24.9 Å². The van der Waals surface area contributed by atoms with E-state index in [9.17, 15) is 0 Å². The molecule has 1 aromatic carbocycles. The summed E-state index contributed by atoms with van der Waals surface area (Å²) in [5, 5.41) is 0. The summed E-state index contributed by atoms with van der Waals surface area (Å²) in [6, 6.07) is 8.24. The Balaban J connectivity index is 1.35. The van der Waals surface area contributed by atoms with E-state index >= 15 is 0 Å². The molecule has 0 aliphatic carbocycles. The van der Waals surface area contributed by atoms with Crippen LogP contribution in [-0.2, 0) is 11.3 Å². The molecule has 0 radical (unpaired) electrons. The number of nitrogens with zero attached hydrogens (tertiary/aromatic N) is 3. The first-order valence-corrected chi connectivity index (χ1v) is 8.14. The second kappa shape index (κ2) is 6.26. The van der Waals surface area contributed by atoms with Gasteiger partial charge in [0.15, 0.2) is 0 Å². The van der Waals surface area contributed by atoms with Gasteiger partial charge in [0.05, 0.1) is 12.8 Å². The molecule has 4 rings (SSSR count). The van der Waals surface area contributed by atoms with Gasteiger partial charge < -0.3 is 9.47 Å². The molecule has 1 aromatic heterocycles. The van der Waals surface area contributed by atoms with Crippen LogP contribution in [0.4, 0.5) is 0 Å². The summed E-state index contributed by atoms with van der Waals surface area (Å²) in [4.78, 5) is 10.6. The number of ether oxygens (including phenoxy) is 2. The molecule has 2 fully saturated rings. The zero-order chi connectivity index (χ0) is 15.5. The standard InChI is InChI=1S/C18H21N3O2/c1-3-16(23-17-11-19-7-8-20-17)4-2-15(1)12-21-9-5-18(13-21)6-10-22-14-18/h1-4,7-8,11H,5-6,9-10,12-14H2/t18-/m1/s1. The SMILES string of the molecule is c1cnc(Oc2ccc(CN3CC[C@@]4(CCOC4)C3)cc2)cn1. The average Bonchev–Trinajstić information content (AvgIpc) is 3.21. The molecular weight excluding hydrogens is 290 g/mol. The molecule has 0 amide bonds. The molecule has 5 nitrogen and oxygen atoms in total. The summed E-state index contributed by atoms with van der Waals surface area (Å²) in [6.45, 7) is 5.19. The molecule has 1 spiro atoms. The molecular formula is C18H21N3O2. The minimum atomic E-state index is 0.426. The second-order valence-electron chi connectivity index (χ2n) is 6.55. The zero-order valence-corrected chi connectivity index (χ0v) is 13.1. The van der Waals surface area contributed by atoms with Crippen molar-refractivity contribution in [1.82, 2.24) is 14.9 Å². The van der Waals surface area contributed by atoms with Gasteiger partial charge in [-0.2, -0.15) is 0 Å². The summed E-state index contributed by atoms with van der Waals surface area (Å²) in [6.07, 6.45) is 7.35. The number of aromatic nitrogens is 2. The fraction of sp³-hybridized carbons (Fsp3) is 0.444. The summed E-state index contributed by atoms with van der Waals surface area (Å²) in [7, 11) is 0. The van der Waals surface area contributed by atoms with Gasteiger partial charge in [-0.05, 0) is 37.1 Å². The summed E-state index contributed by atoms with van der Waals surface area (Å²) >= 11 is 0. The lowest BCUT2D eigenvalue weighted by molar-refractivity contribution is 0.151. The average molecular weight is 311 g/mol. The molecule has 23 heavy (non-hydrogen) atoms. The Morgan fingerprint density at radius 1 is 1.17 bits per heavy atom. The third-order valence-electron chi connectivity index (χ3n) is 4.79. The minimum Gasteiger partial charge on any atom is -0.438 e. The first-order chi connectivity index (χ1) is 11.3. The Morgan fingerprint density at radius 3 is 2.83 bits per heavy atom. The molecule has 120 valence electrons. The first-order valence-electron chi connectivity index (χ1n) is 8.14. The zero-order valence-electron chi connectivity index (χ0n) is 13.1. The van der Waals surface area contributed by atoms with E-state index in [1.807, 2.05) is 12.1 Å². The van der Waals surface area contributed by atoms with Crippen molar-refractivity contribution in [2.45, 2.75) is 19.4 Å². The van der Waals surface area contributed by atoms with Gasteiger partial charge in [-0.1, -0.05) is 12.1 Å². The number of hydrogen-bond acceptors (Lipinski definition) is 5. The van der Waals surface area contributed by atoms with Crippen molar-refractivity contribution in [2.75, 3.05) is 26.3 Å². The van der Waals surface area contributed by atoms with Gasteiger partial charge in [0, 0.05) is 37.5 Å². The lowest BCUT2D eigenvalue weighted by Crippen LogP contribution is -2.27. The van der Waals surface area contributed by atoms with Crippen LogP contribution < -0.4 is 4.74 Å². The lowest BCUT2D eigenvalue weighted by Gasteiger charge is -2.22. The van der Waals surface area contributed by atoms with E-state index < -0.39 is 0 Å². The first kappa shape index (κ1) is 14.6. The van der Waals surface area contributed by atoms with Crippen molar-refractivity contribution in [3.8, 4) is 11.6 Å². The predicted molar refractivity (Wildman–Crippen MR) is 86.3 cm³/mol. The van der Waals surface area contributed by atoms with Gasteiger partial charge in [-0.25, -0.2) is 4.98 Å². The molecule has 2 saturated heterocycles. The molecule has 5 heteroatoms. The molecule has 2 aliphatic heterocycles. The van der Waals surface area contributed by atoms with Crippen molar-refractivity contribution in [1.29, 1.82) is 0 Å². The fourth-order valence-electron chi connectivity index (χ4n) is 3.51. The lowest BCUT2D eigenvalue weighted by atomic mass is 9.87. The highest BCUT2D eigenvalue weighted by atomic mass is 16.5. The van der Waals surface area contributed by atoms with Crippen molar-refractivity contribution < 1.29 is 9.47 Å². The highest BCUT2D eigenvalue weighted by Gasteiger charge is 2.40. The largest absolute Gasteiger partial charge is 0.438 e. The quantitative estimate of drug-likeness (QED) is 0.869. The van der Waals surface area contributed by atoms with Crippen LogP contribution in [0.3, 0.4) is 0 Å². The second-order valence-corrected chi connectivity index (χ2v) is 6.55. The molecule has 0 bridgehead atoms. The number of benzene rings is 1. The molecule has 2 aromatic rings. The molecule has 0 N–H and O–H groups in total. The van der Waals surface area contributed by atoms with Gasteiger partial charge >= 0.3 is 0 Å².